The van der Waals surface area contributed by atoms with Crippen molar-refractivity contribution in [2.45, 2.75) is 11.1 Å². The fraction of sp³-hybridized carbons (Fsp3) is 0.294. The number of nitriles is 1. The number of sulfonamides is 1. The zero-order valence-electron chi connectivity index (χ0n) is 14.0. The molecule has 1 aromatic heterocycles. The molecule has 0 amide bonds. The van der Waals surface area contributed by atoms with Crippen molar-refractivity contribution in [3.05, 3.63) is 53.9 Å². The van der Waals surface area contributed by atoms with E-state index in [1.165, 1.54) is 4.31 Å². The van der Waals surface area contributed by atoms with Gasteiger partial charge in [0.05, 0.1) is 22.3 Å². The van der Waals surface area contributed by atoms with Crippen molar-refractivity contribution in [2.75, 3.05) is 31.1 Å². The van der Waals surface area contributed by atoms with Crippen molar-refractivity contribution in [3.63, 3.8) is 0 Å². The number of rotatable bonds is 3. The number of hydrogen-bond acceptors (Lipinski definition) is 5. The topological polar surface area (TPSA) is 77.3 Å². The maximum absolute atomic E-state index is 12.7. The predicted molar refractivity (Wildman–Crippen MR) is 91.4 cm³/mol. The van der Waals surface area contributed by atoms with Crippen molar-refractivity contribution in [1.29, 1.82) is 5.26 Å². The second-order valence-corrected chi connectivity index (χ2v) is 7.86. The molecule has 27 heavy (non-hydrogen) atoms. The Kier molecular flexibility index (Phi) is 5.08. The molecule has 0 saturated carbocycles. The molecule has 142 valence electrons. The van der Waals surface area contributed by atoms with E-state index in [-0.39, 0.29) is 18.0 Å². The number of alkyl halides is 3. The van der Waals surface area contributed by atoms with Gasteiger partial charge in [0.25, 0.3) is 0 Å². The van der Waals surface area contributed by atoms with Gasteiger partial charge >= 0.3 is 6.18 Å². The summed E-state index contributed by atoms with van der Waals surface area (Å²) in [5, 5.41) is 8.77. The van der Waals surface area contributed by atoms with Crippen LogP contribution in [0.5, 0.6) is 0 Å². The van der Waals surface area contributed by atoms with Crippen LogP contribution in [0.25, 0.3) is 0 Å². The third kappa shape index (κ3) is 4.04. The first kappa shape index (κ1) is 19.1. The highest BCUT2D eigenvalue weighted by atomic mass is 32.2. The Hall–Kier alpha value is -2.64. The van der Waals surface area contributed by atoms with Crippen molar-refractivity contribution in [3.8, 4) is 6.07 Å². The van der Waals surface area contributed by atoms with Crippen LogP contribution in [0.1, 0.15) is 11.3 Å². The third-order valence-electron chi connectivity index (χ3n) is 4.29. The van der Waals surface area contributed by atoms with E-state index in [0.29, 0.717) is 18.8 Å². The van der Waals surface area contributed by atoms with Gasteiger partial charge < -0.3 is 4.90 Å². The maximum Gasteiger partial charge on any atom is 0.416 e. The Morgan fingerprint density at radius 1 is 1.00 bits per heavy atom. The smallest absolute Gasteiger partial charge is 0.368 e. The van der Waals surface area contributed by atoms with E-state index >= 15 is 0 Å². The Labute approximate surface area is 154 Å². The number of benzene rings is 1. The van der Waals surface area contributed by atoms with Crippen LogP contribution in [0.3, 0.4) is 0 Å². The van der Waals surface area contributed by atoms with E-state index in [2.05, 4.69) is 4.98 Å². The molecule has 0 aliphatic carbocycles. The summed E-state index contributed by atoms with van der Waals surface area (Å²) in [5.74, 6) is 0. The number of halogens is 3. The van der Waals surface area contributed by atoms with Crippen molar-refractivity contribution >= 4 is 15.7 Å². The summed E-state index contributed by atoms with van der Waals surface area (Å²) in [4.78, 5) is 5.76. The second kappa shape index (κ2) is 7.17. The van der Waals surface area contributed by atoms with Crippen LogP contribution in [0.4, 0.5) is 18.9 Å². The predicted octanol–water partition coefficient (Wildman–Crippen LogP) is 2.48. The molecular weight excluding hydrogens is 381 g/mol. The monoisotopic (exact) mass is 396 g/mol. The average molecular weight is 396 g/mol. The first-order valence-electron chi connectivity index (χ1n) is 8.00. The van der Waals surface area contributed by atoms with E-state index < -0.39 is 21.8 Å². The van der Waals surface area contributed by atoms with Gasteiger partial charge in [0.15, 0.2) is 0 Å². The van der Waals surface area contributed by atoms with Gasteiger partial charge in [0, 0.05) is 26.2 Å². The van der Waals surface area contributed by atoms with E-state index in [1.807, 2.05) is 11.0 Å². The quantitative estimate of drug-likeness (QED) is 0.797. The van der Waals surface area contributed by atoms with Gasteiger partial charge in [0.2, 0.25) is 10.0 Å². The third-order valence-corrected chi connectivity index (χ3v) is 6.20. The highest BCUT2D eigenvalue weighted by Crippen LogP contribution is 2.30. The summed E-state index contributed by atoms with van der Waals surface area (Å²) in [7, 11) is -3.86. The van der Waals surface area contributed by atoms with E-state index in [0.717, 1.165) is 30.0 Å². The van der Waals surface area contributed by atoms with Crippen molar-refractivity contribution in [2.24, 2.45) is 0 Å². The summed E-state index contributed by atoms with van der Waals surface area (Å²) in [6, 6.07) is 8.75. The van der Waals surface area contributed by atoms with Gasteiger partial charge in [-0.2, -0.15) is 22.7 Å². The Bertz CT molecular complexity index is 944. The van der Waals surface area contributed by atoms with Gasteiger partial charge in [-0.3, -0.25) is 0 Å². The van der Waals surface area contributed by atoms with Crippen LogP contribution in [0.15, 0.2) is 47.5 Å². The summed E-state index contributed by atoms with van der Waals surface area (Å²) in [6.45, 7) is 1.22. The van der Waals surface area contributed by atoms with Crippen LogP contribution in [0, 0.1) is 11.3 Å². The fourth-order valence-electron chi connectivity index (χ4n) is 2.79. The largest absolute Gasteiger partial charge is 0.416 e. The molecule has 0 unspecified atom stereocenters. The van der Waals surface area contributed by atoms with Crippen molar-refractivity contribution < 1.29 is 21.6 Å². The number of hydrogen-bond donors (Lipinski definition) is 0. The molecule has 1 fully saturated rings. The van der Waals surface area contributed by atoms with Crippen LogP contribution >= 0.6 is 0 Å². The molecule has 0 spiro atoms. The molecule has 2 aromatic rings. The van der Waals surface area contributed by atoms with Gasteiger partial charge in [-0.1, -0.05) is 0 Å². The van der Waals surface area contributed by atoms with E-state index in [4.69, 9.17) is 5.26 Å². The number of aromatic nitrogens is 1. The first-order chi connectivity index (χ1) is 12.7. The minimum Gasteiger partial charge on any atom is -0.368 e. The van der Waals surface area contributed by atoms with Gasteiger partial charge in [-0.25, -0.2) is 13.4 Å². The SMILES string of the molecule is N#Cc1ccc(N2CCN(S(=O)(=O)c3ccc(C(F)(F)F)cc3)CC2)cn1. The van der Waals surface area contributed by atoms with Gasteiger partial charge in [0.1, 0.15) is 11.8 Å². The average Bonchev–Trinajstić information content (AvgIpc) is 2.67. The summed E-state index contributed by atoms with van der Waals surface area (Å²) in [6.07, 6.45) is -2.96. The molecular formula is C17H15F3N4O2S. The standard InChI is InChI=1S/C17H15F3N4O2S/c18-17(19,20)13-1-5-16(6-2-13)27(25,26)24-9-7-23(8-10-24)15-4-3-14(11-21)22-12-15/h1-6,12H,7-10H2. The molecule has 0 radical (unpaired) electrons. The lowest BCUT2D eigenvalue weighted by Gasteiger charge is -2.35. The van der Waals surface area contributed by atoms with Gasteiger partial charge in [-0.15, -0.1) is 0 Å². The second-order valence-electron chi connectivity index (χ2n) is 5.93. The lowest BCUT2D eigenvalue weighted by Crippen LogP contribution is -2.48. The molecule has 6 nitrogen and oxygen atoms in total. The Morgan fingerprint density at radius 2 is 1.63 bits per heavy atom. The maximum atomic E-state index is 12.7. The highest BCUT2D eigenvalue weighted by molar-refractivity contribution is 7.89. The van der Waals surface area contributed by atoms with Crippen LogP contribution in [-0.2, 0) is 16.2 Å². The molecule has 0 bridgehead atoms. The van der Waals surface area contributed by atoms with Crippen LogP contribution < -0.4 is 4.90 Å². The van der Waals surface area contributed by atoms with Crippen molar-refractivity contribution in [1.82, 2.24) is 9.29 Å². The normalized spacial score (nSPS) is 16.1. The molecule has 0 atom stereocenters. The fourth-order valence-corrected chi connectivity index (χ4v) is 4.21. The zero-order chi connectivity index (χ0) is 19.7. The minimum absolute atomic E-state index is 0.163. The van der Waals surface area contributed by atoms with Crippen LogP contribution in [-0.4, -0.2) is 43.9 Å². The number of anilines is 1. The van der Waals surface area contributed by atoms with Crippen LogP contribution in [0.2, 0.25) is 0 Å². The lowest BCUT2D eigenvalue weighted by atomic mass is 10.2. The van der Waals surface area contributed by atoms with E-state index in [9.17, 15) is 21.6 Å². The number of nitrogens with zero attached hydrogens (tertiary/aromatic N) is 4. The molecule has 3 rings (SSSR count). The molecule has 1 aliphatic rings. The lowest BCUT2D eigenvalue weighted by molar-refractivity contribution is -0.137. The molecule has 1 saturated heterocycles. The van der Waals surface area contributed by atoms with E-state index in [1.54, 1.807) is 18.3 Å². The number of piperazine rings is 1. The first-order valence-corrected chi connectivity index (χ1v) is 9.44. The molecule has 0 N–H and O–H groups in total. The molecule has 1 aliphatic heterocycles. The zero-order valence-corrected chi connectivity index (χ0v) is 14.8. The summed E-state index contributed by atoms with van der Waals surface area (Å²) in [5.41, 5.74) is 0.183. The molecule has 1 aromatic carbocycles. The Balaban J connectivity index is 1.70. The molecule has 2 heterocycles. The highest BCUT2D eigenvalue weighted by Gasteiger charge is 2.32. The summed E-state index contributed by atoms with van der Waals surface area (Å²) >= 11 is 0. The summed E-state index contributed by atoms with van der Waals surface area (Å²) < 4.78 is 64.5. The Morgan fingerprint density at radius 3 is 2.11 bits per heavy atom. The van der Waals surface area contributed by atoms with Gasteiger partial charge in [-0.05, 0) is 36.4 Å². The number of pyridine rings is 1. The minimum atomic E-state index is -4.51. The molecule has 10 heteroatoms.